The standard InChI is InChI=1S/C4HF7O5S2/c5-1-2(6,7)3(8,9)4(10,11)18(14,15)16-17(1,12)13/h1H. The second-order valence-electron chi connectivity index (χ2n) is 3.05. The molecule has 1 rings (SSSR count). The van der Waals surface area contributed by atoms with Crippen LogP contribution in [0.25, 0.3) is 0 Å². The molecule has 0 aromatic heterocycles. The monoisotopic (exact) mass is 326 g/mol. The van der Waals surface area contributed by atoms with Gasteiger partial charge in [-0.1, -0.05) is 0 Å². The zero-order chi connectivity index (χ0) is 14.8. The van der Waals surface area contributed by atoms with Gasteiger partial charge in [0.15, 0.2) is 0 Å². The van der Waals surface area contributed by atoms with E-state index in [2.05, 4.69) is 3.63 Å². The Hall–Kier alpha value is -0.630. The van der Waals surface area contributed by atoms with Crippen LogP contribution in [0.4, 0.5) is 30.7 Å². The Bertz CT molecular complexity index is 563. The van der Waals surface area contributed by atoms with E-state index in [0.717, 1.165) is 0 Å². The lowest BCUT2D eigenvalue weighted by Crippen LogP contribution is -2.59. The predicted octanol–water partition coefficient (Wildman–Crippen LogP) is 0.835. The van der Waals surface area contributed by atoms with Gasteiger partial charge in [-0.3, -0.25) is 0 Å². The molecule has 1 unspecified atom stereocenters. The third-order valence-electron chi connectivity index (χ3n) is 1.82. The molecule has 14 heteroatoms. The van der Waals surface area contributed by atoms with Crippen LogP contribution >= 0.6 is 0 Å². The van der Waals surface area contributed by atoms with E-state index in [1.54, 1.807) is 0 Å². The summed E-state index contributed by atoms with van der Waals surface area (Å²) in [6.45, 7) is 0. The molecule has 0 spiro atoms. The Labute approximate surface area is 94.8 Å². The van der Waals surface area contributed by atoms with E-state index in [-0.39, 0.29) is 0 Å². The van der Waals surface area contributed by atoms with Gasteiger partial charge in [0, 0.05) is 0 Å². The van der Waals surface area contributed by atoms with Crippen LogP contribution < -0.4 is 0 Å². The largest absolute Gasteiger partial charge is 0.439 e. The van der Waals surface area contributed by atoms with Crippen molar-refractivity contribution in [3.8, 4) is 0 Å². The molecule has 0 bridgehead atoms. The lowest BCUT2D eigenvalue weighted by Gasteiger charge is -2.28. The van der Waals surface area contributed by atoms with Gasteiger partial charge < -0.3 is 0 Å². The molecule has 18 heavy (non-hydrogen) atoms. The Morgan fingerprint density at radius 1 is 0.889 bits per heavy atom. The van der Waals surface area contributed by atoms with E-state index < -0.39 is 42.8 Å². The zero-order valence-corrected chi connectivity index (χ0v) is 9.21. The minimum atomic E-state index is -7.01. The lowest BCUT2D eigenvalue weighted by molar-refractivity contribution is -0.287. The number of rotatable bonds is 0. The van der Waals surface area contributed by atoms with Crippen LogP contribution in [0.3, 0.4) is 0 Å². The predicted molar refractivity (Wildman–Crippen MR) is 38.7 cm³/mol. The van der Waals surface area contributed by atoms with Gasteiger partial charge in [-0.2, -0.15) is 43.2 Å². The molecule has 0 aliphatic carbocycles. The number of hydrogen-bond donors (Lipinski definition) is 0. The summed E-state index contributed by atoms with van der Waals surface area (Å²) in [7, 11) is -13.5. The highest BCUT2D eigenvalue weighted by molar-refractivity contribution is 8.00. The van der Waals surface area contributed by atoms with Gasteiger partial charge in [-0.25, -0.2) is 4.39 Å². The van der Waals surface area contributed by atoms with E-state index in [0.29, 0.717) is 0 Å². The molecule has 1 aliphatic rings. The first kappa shape index (κ1) is 15.4. The fourth-order valence-corrected chi connectivity index (χ4v) is 3.45. The second-order valence-corrected chi connectivity index (χ2v) is 6.41. The van der Waals surface area contributed by atoms with Crippen molar-refractivity contribution in [1.82, 2.24) is 0 Å². The lowest BCUT2D eigenvalue weighted by atomic mass is 10.2. The minimum Gasteiger partial charge on any atom is -0.220 e. The van der Waals surface area contributed by atoms with Gasteiger partial charge in [0.2, 0.25) is 0 Å². The molecule has 1 heterocycles. The fraction of sp³-hybridized carbons (Fsp3) is 1.00. The minimum absolute atomic E-state index is 2.44. The highest BCUT2D eigenvalue weighted by Gasteiger charge is 2.85. The second kappa shape index (κ2) is 3.47. The number of hydrogen-bond acceptors (Lipinski definition) is 5. The van der Waals surface area contributed by atoms with Crippen LogP contribution in [-0.2, 0) is 23.9 Å². The van der Waals surface area contributed by atoms with Gasteiger partial charge in [0.1, 0.15) is 0 Å². The number of alkyl halides is 7. The Balaban J connectivity index is 3.78. The highest BCUT2D eigenvalue weighted by atomic mass is 32.3. The van der Waals surface area contributed by atoms with Crippen molar-refractivity contribution >= 4 is 20.2 Å². The normalized spacial score (nSPS) is 35.6. The summed E-state index contributed by atoms with van der Waals surface area (Å²) in [4.78, 5) is 0. The van der Waals surface area contributed by atoms with Crippen molar-refractivity contribution in [1.29, 1.82) is 0 Å². The Morgan fingerprint density at radius 3 is 1.67 bits per heavy atom. The topological polar surface area (TPSA) is 77.5 Å². The zero-order valence-electron chi connectivity index (χ0n) is 7.58. The average molecular weight is 326 g/mol. The van der Waals surface area contributed by atoms with E-state index in [9.17, 15) is 47.6 Å². The quantitative estimate of drug-likeness (QED) is 0.616. The molecule has 108 valence electrons. The molecule has 5 nitrogen and oxygen atoms in total. The maximum absolute atomic E-state index is 12.7. The molecular formula is C4HF7O5S2. The van der Waals surface area contributed by atoms with E-state index in [1.807, 2.05) is 0 Å². The molecule has 0 saturated carbocycles. The van der Waals surface area contributed by atoms with Crippen molar-refractivity contribution in [3.63, 3.8) is 0 Å². The molecule has 1 saturated heterocycles. The molecule has 0 radical (unpaired) electrons. The maximum atomic E-state index is 12.7. The highest BCUT2D eigenvalue weighted by Crippen LogP contribution is 2.54. The van der Waals surface area contributed by atoms with Gasteiger partial charge >= 0.3 is 37.3 Å². The summed E-state index contributed by atoms with van der Waals surface area (Å²) in [5.74, 6) is -13.3. The van der Waals surface area contributed by atoms with E-state index >= 15 is 0 Å². The molecule has 0 aromatic carbocycles. The van der Waals surface area contributed by atoms with Crippen LogP contribution in [0, 0.1) is 0 Å². The summed E-state index contributed by atoms with van der Waals surface area (Å²) < 4.78 is 133. The van der Waals surface area contributed by atoms with Crippen LogP contribution in [-0.4, -0.2) is 39.4 Å². The van der Waals surface area contributed by atoms with Gasteiger partial charge in [0.05, 0.1) is 0 Å². The maximum Gasteiger partial charge on any atom is 0.439 e. The first-order valence-corrected chi connectivity index (χ1v) is 6.46. The van der Waals surface area contributed by atoms with Crippen molar-refractivity contribution in [2.75, 3.05) is 0 Å². The van der Waals surface area contributed by atoms with Crippen molar-refractivity contribution in [2.45, 2.75) is 22.6 Å². The SMILES string of the molecule is O=S1(=O)OS(=O)(=O)C(F)(F)C(F)(F)C(F)(F)C1F. The molecule has 0 N–H and O–H groups in total. The third-order valence-corrected chi connectivity index (χ3v) is 4.98. The summed E-state index contributed by atoms with van der Waals surface area (Å²) >= 11 is 0. The van der Waals surface area contributed by atoms with Crippen LogP contribution in [0.15, 0.2) is 0 Å². The molecule has 0 amide bonds. The Morgan fingerprint density at radius 2 is 1.28 bits per heavy atom. The molecule has 1 aliphatic heterocycles. The van der Waals surface area contributed by atoms with E-state index in [1.165, 1.54) is 0 Å². The van der Waals surface area contributed by atoms with Gasteiger partial charge in [-0.15, -0.1) is 3.63 Å². The van der Waals surface area contributed by atoms with Crippen LogP contribution in [0.1, 0.15) is 0 Å². The Kier molecular flexibility index (Phi) is 2.98. The summed E-state index contributed by atoms with van der Waals surface area (Å²) in [6, 6.07) is 0. The van der Waals surface area contributed by atoms with Crippen LogP contribution in [0.5, 0.6) is 0 Å². The average Bonchev–Trinajstić information content (AvgIpc) is 2.13. The first-order chi connectivity index (χ1) is 7.61. The first-order valence-electron chi connectivity index (χ1n) is 3.58. The summed E-state index contributed by atoms with van der Waals surface area (Å²) in [5, 5.41) is -6.63. The number of halogens is 7. The molecule has 1 fully saturated rings. The molecule has 1 atom stereocenters. The van der Waals surface area contributed by atoms with Gasteiger partial charge in [0.25, 0.3) is 5.50 Å². The van der Waals surface area contributed by atoms with Gasteiger partial charge in [-0.05, 0) is 0 Å². The van der Waals surface area contributed by atoms with Crippen molar-refractivity contribution < 1.29 is 51.2 Å². The summed E-state index contributed by atoms with van der Waals surface area (Å²) in [6.07, 6.45) is 0. The van der Waals surface area contributed by atoms with Crippen molar-refractivity contribution in [3.05, 3.63) is 0 Å². The van der Waals surface area contributed by atoms with E-state index in [4.69, 9.17) is 0 Å². The molecule has 0 aromatic rings. The fourth-order valence-electron chi connectivity index (χ4n) is 0.877. The van der Waals surface area contributed by atoms with Crippen molar-refractivity contribution in [2.24, 2.45) is 0 Å². The smallest absolute Gasteiger partial charge is 0.220 e. The summed E-state index contributed by atoms with van der Waals surface area (Å²) in [5.41, 5.74) is -4.97. The van der Waals surface area contributed by atoms with Crippen LogP contribution in [0.2, 0.25) is 0 Å². The third kappa shape index (κ3) is 1.61. The molecular weight excluding hydrogens is 325 g/mol.